The minimum absolute atomic E-state index is 0.0363. The number of esters is 2. The Morgan fingerprint density at radius 2 is 1.51 bits per heavy atom. The Morgan fingerprint density at radius 1 is 0.878 bits per heavy atom. The van der Waals surface area contributed by atoms with Crippen LogP contribution in [0.25, 0.3) is 0 Å². The van der Waals surface area contributed by atoms with Crippen LogP contribution in [0.4, 0.5) is 5.69 Å². The minimum Gasteiger partial charge on any atom is -0.462 e. The second kappa shape index (κ2) is 13.1. The third-order valence-electron chi connectivity index (χ3n) is 8.42. The summed E-state index contributed by atoms with van der Waals surface area (Å²) < 4.78 is 12.1. The van der Waals surface area contributed by atoms with Crippen LogP contribution in [0.3, 0.4) is 0 Å². The molecule has 7 heteroatoms. The highest BCUT2D eigenvalue weighted by Gasteiger charge is 2.49. The fourth-order valence-corrected chi connectivity index (χ4v) is 6.00. The molecule has 2 atom stereocenters. The highest BCUT2D eigenvalue weighted by atomic mass is 16.5. The molecule has 0 unspecified atom stereocenters. The molecule has 0 aliphatic carbocycles. The molecule has 0 saturated carbocycles. The van der Waals surface area contributed by atoms with Crippen LogP contribution in [-0.2, 0) is 14.3 Å². The maximum atomic E-state index is 13.6. The van der Waals surface area contributed by atoms with E-state index in [4.69, 9.17) is 9.47 Å². The van der Waals surface area contributed by atoms with Gasteiger partial charge in [0.25, 0.3) is 0 Å². The van der Waals surface area contributed by atoms with Crippen molar-refractivity contribution in [2.75, 3.05) is 38.1 Å². The summed E-state index contributed by atoms with van der Waals surface area (Å²) in [5.41, 5.74) is 2.73. The number of rotatable bonds is 12. The van der Waals surface area contributed by atoms with Crippen LogP contribution in [0, 0.1) is 5.92 Å². The van der Waals surface area contributed by atoms with E-state index < -0.39 is 6.04 Å². The number of Topliss-reactive ketones (excluding diaryl/α,β-unsaturated/α-hetero) is 1. The zero-order valence-corrected chi connectivity index (χ0v) is 23.7. The number of quaternary nitrogens is 1. The van der Waals surface area contributed by atoms with E-state index in [0.29, 0.717) is 41.2 Å². The molecule has 41 heavy (non-hydrogen) atoms. The van der Waals surface area contributed by atoms with Gasteiger partial charge < -0.3 is 19.3 Å². The monoisotopic (exact) mass is 555 g/mol. The van der Waals surface area contributed by atoms with Crippen molar-refractivity contribution in [3.63, 3.8) is 0 Å². The first kappa shape index (κ1) is 28.6. The Labute approximate surface area is 242 Å². The lowest BCUT2D eigenvalue weighted by Crippen LogP contribution is -2.65. The molecule has 6 rings (SSSR count). The highest BCUT2D eigenvalue weighted by molar-refractivity contribution is 5.98. The second-order valence-electron chi connectivity index (χ2n) is 11.3. The molecule has 214 valence electrons. The topological polar surface area (TPSA) is 81.7 Å². The van der Waals surface area contributed by atoms with Crippen LogP contribution in [0.1, 0.15) is 64.9 Å². The minimum atomic E-state index is -0.628. The van der Waals surface area contributed by atoms with E-state index in [1.165, 1.54) is 0 Å². The molecule has 7 nitrogen and oxygen atoms in total. The summed E-state index contributed by atoms with van der Waals surface area (Å²) in [4.78, 5) is 39.2. The van der Waals surface area contributed by atoms with E-state index in [2.05, 4.69) is 5.32 Å². The average molecular weight is 556 g/mol. The van der Waals surface area contributed by atoms with Gasteiger partial charge in [-0.3, -0.25) is 4.79 Å². The number of carbonyl (C=O) groups is 3. The Hall–Kier alpha value is -3.97. The number of fused-ring (bicyclic) bond motifs is 3. The molecule has 2 bridgehead atoms. The first-order valence-electron chi connectivity index (χ1n) is 14.7. The molecular formula is C34H39N2O5+. The van der Waals surface area contributed by atoms with Gasteiger partial charge in [0.15, 0.2) is 12.1 Å². The van der Waals surface area contributed by atoms with Gasteiger partial charge in [-0.2, -0.15) is 0 Å². The van der Waals surface area contributed by atoms with E-state index in [-0.39, 0.29) is 23.8 Å². The number of hydrogen-bond acceptors (Lipinski definition) is 6. The second-order valence-corrected chi connectivity index (χ2v) is 11.3. The molecule has 0 radical (unpaired) electrons. The van der Waals surface area contributed by atoms with Gasteiger partial charge in [-0.1, -0.05) is 74.0 Å². The number of unbranched alkanes of at least 4 members (excludes halogenated alkanes) is 1. The summed E-state index contributed by atoms with van der Waals surface area (Å²) in [6.07, 6.45) is 3.41. The molecule has 3 heterocycles. The first-order valence-corrected chi connectivity index (χ1v) is 14.7. The van der Waals surface area contributed by atoms with E-state index in [9.17, 15) is 14.4 Å². The number of ketones is 1. The van der Waals surface area contributed by atoms with Gasteiger partial charge in [0.2, 0.25) is 5.78 Å². The van der Waals surface area contributed by atoms with E-state index in [0.717, 1.165) is 50.0 Å². The largest absolute Gasteiger partial charge is 0.462 e. The number of piperidine rings is 3. The SMILES string of the molecule is CCCCOC(=O)c1ccc(C(=O)C[N+]23CCC(CC2)[C@@H](OC(=O)[C@H](Nc2ccccc2)c2ccccc2)C3)cc1. The predicted molar refractivity (Wildman–Crippen MR) is 158 cm³/mol. The van der Waals surface area contributed by atoms with Crippen molar-refractivity contribution in [1.82, 2.24) is 0 Å². The van der Waals surface area contributed by atoms with Crippen LogP contribution in [0.5, 0.6) is 0 Å². The van der Waals surface area contributed by atoms with Gasteiger partial charge in [0.05, 0.1) is 25.3 Å². The fraction of sp³-hybridized carbons (Fsp3) is 0.382. The number of carbonyl (C=O) groups excluding carboxylic acids is 3. The Bertz CT molecular complexity index is 1320. The van der Waals surface area contributed by atoms with Crippen molar-refractivity contribution in [3.8, 4) is 0 Å². The molecule has 3 aliphatic rings. The molecule has 3 saturated heterocycles. The van der Waals surface area contributed by atoms with Crippen molar-refractivity contribution in [2.24, 2.45) is 5.92 Å². The summed E-state index contributed by atoms with van der Waals surface area (Å²) in [7, 11) is 0. The Kier molecular flexibility index (Phi) is 9.14. The van der Waals surface area contributed by atoms with Gasteiger partial charge in [-0.05, 0) is 36.2 Å². The van der Waals surface area contributed by atoms with Crippen molar-refractivity contribution in [1.29, 1.82) is 0 Å². The fourth-order valence-electron chi connectivity index (χ4n) is 6.00. The number of para-hydroxylation sites is 1. The van der Waals surface area contributed by atoms with Crippen LogP contribution < -0.4 is 5.32 Å². The molecule has 0 aromatic heterocycles. The van der Waals surface area contributed by atoms with E-state index >= 15 is 0 Å². The molecule has 3 aromatic carbocycles. The molecule has 0 spiro atoms. The van der Waals surface area contributed by atoms with Crippen LogP contribution >= 0.6 is 0 Å². The molecule has 3 aromatic rings. The normalized spacial score (nSPS) is 22.0. The zero-order valence-electron chi connectivity index (χ0n) is 23.7. The lowest BCUT2D eigenvalue weighted by molar-refractivity contribution is -0.938. The van der Waals surface area contributed by atoms with Crippen molar-refractivity contribution in [3.05, 3.63) is 102 Å². The lowest BCUT2D eigenvalue weighted by atomic mass is 9.82. The van der Waals surface area contributed by atoms with E-state index in [1.54, 1.807) is 24.3 Å². The Morgan fingerprint density at radius 3 is 2.17 bits per heavy atom. The summed E-state index contributed by atoms with van der Waals surface area (Å²) in [6, 6.07) is 25.4. The number of nitrogens with one attached hydrogen (secondary N) is 1. The van der Waals surface area contributed by atoms with Gasteiger partial charge in [0, 0.05) is 30.0 Å². The molecular weight excluding hydrogens is 516 g/mol. The summed E-state index contributed by atoms with van der Waals surface area (Å²) in [5, 5.41) is 3.35. The third kappa shape index (κ3) is 7.03. The first-order chi connectivity index (χ1) is 20.0. The highest BCUT2D eigenvalue weighted by Crippen LogP contribution is 2.37. The number of anilines is 1. The number of ether oxygens (including phenoxy) is 2. The van der Waals surface area contributed by atoms with Crippen molar-refractivity contribution < 1.29 is 28.3 Å². The summed E-state index contributed by atoms with van der Waals surface area (Å²) in [5.74, 6) is -0.322. The van der Waals surface area contributed by atoms with Crippen LogP contribution in [0.15, 0.2) is 84.9 Å². The average Bonchev–Trinajstić information content (AvgIpc) is 3.01. The lowest BCUT2D eigenvalue weighted by Gasteiger charge is -2.51. The van der Waals surface area contributed by atoms with Crippen LogP contribution in [-0.4, -0.2) is 61.1 Å². The van der Waals surface area contributed by atoms with Gasteiger partial charge >= 0.3 is 11.9 Å². The smallest absolute Gasteiger partial charge is 0.338 e. The summed E-state index contributed by atoms with van der Waals surface area (Å²) in [6.45, 7) is 5.23. The van der Waals surface area contributed by atoms with Crippen LogP contribution in [0.2, 0.25) is 0 Å². The number of benzene rings is 3. The zero-order chi connectivity index (χ0) is 28.7. The standard InChI is InChI=1S/C34H39N2O5/c1-2-3-22-40-33(38)28-16-14-25(15-17-28)30(37)23-36-20-18-26(19-21-36)31(24-36)41-34(39)32(27-10-6-4-7-11-27)35-29-12-8-5-9-13-29/h4-17,26,31-32,35H,2-3,18-24H2,1H3/q+1/t26?,31-,32+,36?/m0/s1. The molecule has 3 aliphatic heterocycles. The van der Waals surface area contributed by atoms with E-state index in [1.807, 2.05) is 67.6 Å². The Balaban J connectivity index is 1.24. The van der Waals surface area contributed by atoms with Gasteiger partial charge in [-0.25, -0.2) is 9.59 Å². The quantitative estimate of drug-likeness (QED) is 0.131. The molecule has 3 fully saturated rings. The maximum absolute atomic E-state index is 13.6. The molecule has 0 amide bonds. The van der Waals surface area contributed by atoms with Crippen molar-refractivity contribution in [2.45, 2.75) is 44.8 Å². The number of nitrogens with zero attached hydrogens (tertiary/aromatic N) is 1. The van der Waals surface area contributed by atoms with Crippen molar-refractivity contribution >= 4 is 23.4 Å². The number of hydrogen-bond donors (Lipinski definition) is 1. The third-order valence-corrected chi connectivity index (χ3v) is 8.42. The molecule has 1 N–H and O–H groups in total. The summed E-state index contributed by atoms with van der Waals surface area (Å²) >= 11 is 0. The van der Waals surface area contributed by atoms with Gasteiger partial charge in [-0.15, -0.1) is 0 Å². The maximum Gasteiger partial charge on any atom is 0.338 e. The van der Waals surface area contributed by atoms with Gasteiger partial charge in [0.1, 0.15) is 13.1 Å². The predicted octanol–water partition coefficient (Wildman–Crippen LogP) is 5.83.